The van der Waals surface area contributed by atoms with Crippen molar-refractivity contribution in [3.05, 3.63) is 48.6 Å². The van der Waals surface area contributed by atoms with Crippen molar-refractivity contribution in [2.24, 2.45) is 0 Å². The van der Waals surface area contributed by atoms with Crippen LogP contribution in [0.3, 0.4) is 0 Å². The van der Waals surface area contributed by atoms with Gasteiger partial charge in [0, 0.05) is 12.8 Å². The first-order chi connectivity index (χ1) is 46.7. The maximum Gasteiger partial charge on any atom is 0.305 e. The van der Waals surface area contributed by atoms with Crippen LogP contribution in [0.4, 0.5) is 0 Å². The number of rotatable bonds is 74. The maximum atomic E-state index is 13.1. The SMILES string of the molecule is CCCCCCCCCC/C=C/CC/C=C/C(O)C(COC1OC(CO)C(O)C(O)C1O)NC(=O)CCCCCCCCCCCCCCCCCCC/C=C\C/C=C\CCCCCCCCCCCCCCCCCOC(=O)CCCCCCCCCCCCCCCC. The quantitative estimate of drug-likeness (QED) is 0.0195. The summed E-state index contributed by atoms with van der Waals surface area (Å²) < 4.78 is 16.8. The average molecular weight is 1340 g/mol. The van der Waals surface area contributed by atoms with Crippen LogP contribution >= 0.6 is 0 Å². The molecule has 558 valence electrons. The maximum absolute atomic E-state index is 13.1. The van der Waals surface area contributed by atoms with Crippen molar-refractivity contribution in [2.75, 3.05) is 19.8 Å². The lowest BCUT2D eigenvalue weighted by Gasteiger charge is -2.40. The van der Waals surface area contributed by atoms with Crippen LogP contribution in [0.5, 0.6) is 0 Å². The Bertz CT molecular complexity index is 1720. The van der Waals surface area contributed by atoms with Gasteiger partial charge in [-0.3, -0.25) is 9.59 Å². The van der Waals surface area contributed by atoms with Gasteiger partial charge in [-0.2, -0.15) is 0 Å². The Hall–Kier alpha value is -2.38. The van der Waals surface area contributed by atoms with Crippen molar-refractivity contribution >= 4 is 11.9 Å². The van der Waals surface area contributed by atoms with Crippen molar-refractivity contribution in [1.29, 1.82) is 0 Å². The van der Waals surface area contributed by atoms with Gasteiger partial charge in [-0.25, -0.2) is 0 Å². The first-order valence-corrected chi connectivity index (χ1v) is 41.4. The number of aliphatic hydroxyl groups excluding tert-OH is 5. The van der Waals surface area contributed by atoms with E-state index in [0.29, 0.717) is 19.4 Å². The largest absolute Gasteiger partial charge is 0.466 e. The summed E-state index contributed by atoms with van der Waals surface area (Å²) in [4.78, 5) is 25.2. The van der Waals surface area contributed by atoms with E-state index in [0.717, 1.165) is 57.8 Å². The molecule has 0 aromatic heterocycles. The van der Waals surface area contributed by atoms with E-state index in [1.165, 1.54) is 327 Å². The number of nitrogens with one attached hydrogen (secondary N) is 1. The highest BCUT2D eigenvalue weighted by atomic mass is 16.7. The van der Waals surface area contributed by atoms with Crippen LogP contribution in [0.1, 0.15) is 412 Å². The van der Waals surface area contributed by atoms with Gasteiger partial charge in [0.1, 0.15) is 24.4 Å². The van der Waals surface area contributed by atoms with Gasteiger partial charge in [0.2, 0.25) is 5.91 Å². The molecule has 0 saturated carbocycles. The molecule has 0 aromatic carbocycles. The van der Waals surface area contributed by atoms with Gasteiger partial charge in [0.05, 0.1) is 32.0 Å². The van der Waals surface area contributed by atoms with Gasteiger partial charge in [0.15, 0.2) is 6.29 Å². The van der Waals surface area contributed by atoms with Gasteiger partial charge >= 0.3 is 5.97 Å². The lowest BCUT2D eigenvalue weighted by atomic mass is 9.99. The molecule has 7 unspecified atom stereocenters. The van der Waals surface area contributed by atoms with Crippen molar-refractivity contribution in [1.82, 2.24) is 5.32 Å². The number of esters is 1. The highest BCUT2D eigenvalue weighted by Crippen LogP contribution is 2.24. The smallest absolute Gasteiger partial charge is 0.305 e. The number of ether oxygens (including phenoxy) is 3. The molecule has 11 heteroatoms. The molecule has 7 atom stereocenters. The first-order valence-electron chi connectivity index (χ1n) is 41.4. The van der Waals surface area contributed by atoms with E-state index < -0.39 is 49.5 Å². The van der Waals surface area contributed by atoms with Crippen LogP contribution in [0, 0.1) is 0 Å². The molecule has 1 rings (SSSR count). The minimum Gasteiger partial charge on any atom is -0.466 e. The Morgan fingerprint density at radius 3 is 1.11 bits per heavy atom. The van der Waals surface area contributed by atoms with Crippen LogP contribution in [0.15, 0.2) is 48.6 Å². The number of carbonyl (C=O) groups is 2. The third kappa shape index (κ3) is 61.2. The molecule has 0 spiro atoms. The first kappa shape index (κ1) is 90.6. The zero-order valence-corrected chi connectivity index (χ0v) is 62.4. The highest BCUT2D eigenvalue weighted by molar-refractivity contribution is 5.76. The third-order valence-electron chi connectivity index (χ3n) is 19.7. The van der Waals surface area contributed by atoms with Crippen molar-refractivity contribution < 1.29 is 49.3 Å². The Labute approximate surface area is 586 Å². The fourth-order valence-corrected chi connectivity index (χ4v) is 13.2. The second-order valence-corrected chi connectivity index (χ2v) is 28.8. The summed E-state index contributed by atoms with van der Waals surface area (Å²) in [7, 11) is 0. The zero-order chi connectivity index (χ0) is 68.6. The topological polar surface area (TPSA) is 175 Å². The normalized spacial score (nSPS) is 17.6. The number of unbranched alkanes of at least 4 members (excludes halogenated alkanes) is 54. The third-order valence-corrected chi connectivity index (χ3v) is 19.7. The summed E-state index contributed by atoms with van der Waals surface area (Å²) >= 11 is 0. The summed E-state index contributed by atoms with van der Waals surface area (Å²) in [6.07, 6.45) is 87.3. The van der Waals surface area contributed by atoms with Crippen LogP contribution < -0.4 is 5.32 Å². The van der Waals surface area contributed by atoms with E-state index in [1.807, 2.05) is 6.08 Å². The number of aliphatic hydroxyl groups is 5. The van der Waals surface area contributed by atoms with E-state index >= 15 is 0 Å². The molecule has 11 nitrogen and oxygen atoms in total. The zero-order valence-electron chi connectivity index (χ0n) is 62.4. The van der Waals surface area contributed by atoms with Crippen LogP contribution in [0.25, 0.3) is 0 Å². The van der Waals surface area contributed by atoms with Crippen LogP contribution in [-0.2, 0) is 23.8 Å². The number of hydrogen-bond acceptors (Lipinski definition) is 10. The van der Waals surface area contributed by atoms with Crippen molar-refractivity contribution in [2.45, 2.75) is 455 Å². The molecule has 1 aliphatic rings. The summed E-state index contributed by atoms with van der Waals surface area (Å²) in [5.74, 6) is -0.169. The molecule has 1 amide bonds. The monoisotopic (exact) mass is 1340 g/mol. The lowest BCUT2D eigenvalue weighted by Crippen LogP contribution is -2.60. The predicted octanol–water partition coefficient (Wildman–Crippen LogP) is 22.6. The van der Waals surface area contributed by atoms with E-state index in [2.05, 4.69) is 55.6 Å². The highest BCUT2D eigenvalue weighted by Gasteiger charge is 2.44. The standard InChI is InChI=1S/C84H157NO10/c1-3-5-7-9-11-13-15-17-46-50-54-58-62-66-70-77(87)76(75-94-84-83(92)82(91)81(90)78(74-86)95-84)85-79(88)71-67-63-59-55-51-47-44-42-40-38-36-34-32-30-28-26-24-22-20-19-21-23-25-27-29-31-33-35-37-39-41-43-45-49-53-57-61-65-69-73-93-80(89)72-68-64-60-56-52-48-18-16-14-12-10-8-6-4-2/h19-20,23,25,50,54,66,70,76-78,81-84,86-87,90-92H,3-18,21-22,24,26-49,51-53,55-65,67-69,71-75H2,1-2H3,(H,85,88)/b20-19-,25-23-,54-50+,70-66+. The number of carbonyl (C=O) groups excluding carboxylic acids is 2. The molecule has 1 fully saturated rings. The van der Waals surface area contributed by atoms with Gasteiger partial charge in [0.25, 0.3) is 0 Å². The Morgan fingerprint density at radius 1 is 0.389 bits per heavy atom. The van der Waals surface area contributed by atoms with E-state index in [9.17, 15) is 35.1 Å². The average Bonchev–Trinajstić information content (AvgIpc) is 0.929. The fraction of sp³-hybridized carbons (Fsp3) is 0.881. The minimum atomic E-state index is -1.58. The number of amides is 1. The molecule has 1 heterocycles. The second kappa shape index (κ2) is 72.9. The van der Waals surface area contributed by atoms with Gasteiger partial charge in [-0.15, -0.1) is 0 Å². The minimum absolute atomic E-state index is 0.0173. The molecular formula is C84H157NO10. The van der Waals surface area contributed by atoms with Crippen molar-refractivity contribution in [3.63, 3.8) is 0 Å². The van der Waals surface area contributed by atoms with E-state index in [-0.39, 0.29) is 18.5 Å². The van der Waals surface area contributed by atoms with Crippen molar-refractivity contribution in [3.8, 4) is 0 Å². The van der Waals surface area contributed by atoms with Gasteiger partial charge < -0.3 is 45.1 Å². The molecule has 1 aliphatic heterocycles. The molecule has 0 aliphatic carbocycles. The Morgan fingerprint density at radius 2 is 0.716 bits per heavy atom. The molecule has 95 heavy (non-hydrogen) atoms. The summed E-state index contributed by atoms with van der Waals surface area (Å²) in [6, 6.07) is -0.826. The molecule has 0 radical (unpaired) electrons. The summed E-state index contributed by atoms with van der Waals surface area (Å²) in [5.41, 5.74) is 0. The molecule has 1 saturated heterocycles. The molecule has 0 bridgehead atoms. The predicted molar refractivity (Wildman–Crippen MR) is 403 cm³/mol. The lowest BCUT2D eigenvalue weighted by molar-refractivity contribution is -0.302. The Kier molecular flexibility index (Phi) is 69.5. The Balaban J connectivity index is 1.91. The second-order valence-electron chi connectivity index (χ2n) is 28.8. The molecule has 0 aromatic rings. The fourth-order valence-electron chi connectivity index (χ4n) is 13.2. The number of hydrogen-bond donors (Lipinski definition) is 6. The summed E-state index contributed by atoms with van der Waals surface area (Å²) in [6.45, 7) is 4.38. The van der Waals surface area contributed by atoms with E-state index in [4.69, 9.17) is 14.2 Å². The van der Waals surface area contributed by atoms with Gasteiger partial charge in [-0.1, -0.05) is 371 Å². The van der Waals surface area contributed by atoms with Crippen LogP contribution in [-0.4, -0.2) is 100 Å². The molecular weight excluding hydrogens is 1180 g/mol. The van der Waals surface area contributed by atoms with Gasteiger partial charge in [-0.05, 0) is 77.0 Å². The molecule has 6 N–H and O–H groups in total. The number of allylic oxidation sites excluding steroid dienone is 7. The van der Waals surface area contributed by atoms with E-state index in [1.54, 1.807) is 6.08 Å². The summed E-state index contributed by atoms with van der Waals surface area (Å²) in [5, 5.41) is 54.6. The van der Waals surface area contributed by atoms with Crippen LogP contribution in [0.2, 0.25) is 0 Å².